The summed E-state index contributed by atoms with van der Waals surface area (Å²) in [5.41, 5.74) is 4.15. The Balaban J connectivity index is 1.57. The van der Waals surface area contributed by atoms with Crippen LogP contribution in [0, 0.1) is 32.6 Å². The van der Waals surface area contributed by atoms with Gasteiger partial charge in [-0.1, -0.05) is 35.4 Å². The monoisotopic (exact) mass is 415 g/mol. The molecule has 0 radical (unpaired) electrons. The molecule has 0 aromatic heterocycles. The summed E-state index contributed by atoms with van der Waals surface area (Å²) in [5.74, 6) is -1.77. The first-order valence-corrected chi connectivity index (χ1v) is 11.0. The van der Waals surface area contributed by atoms with E-state index in [2.05, 4.69) is 10.2 Å². The molecule has 2 aromatic carbocycles. The van der Waals surface area contributed by atoms with Crippen molar-refractivity contribution < 1.29 is 14.4 Å². The van der Waals surface area contributed by atoms with Crippen molar-refractivity contribution in [3.05, 3.63) is 58.7 Å². The van der Waals surface area contributed by atoms with E-state index in [0.29, 0.717) is 5.69 Å². The number of nitrogens with one attached hydrogen (secondary N) is 1. The largest absolute Gasteiger partial charge is 0.324 e. The maximum Gasteiger partial charge on any atom is 0.250 e. The molecule has 6 nitrogen and oxygen atoms in total. The second-order valence-corrected chi connectivity index (χ2v) is 9.48. The first-order valence-electron chi connectivity index (χ1n) is 11.0. The van der Waals surface area contributed by atoms with Gasteiger partial charge in [0.15, 0.2) is 0 Å². The lowest BCUT2D eigenvalue weighted by Gasteiger charge is -2.37. The summed E-state index contributed by atoms with van der Waals surface area (Å²) >= 11 is 0. The Morgan fingerprint density at radius 1 is 0.968 bits per heavy atom. The number of carbonyl (C=O) groups is 3. The quantitative estimate of drug-likeness (QED) is 0.727. The molecule has 3 saturated heterocycles. The number of anilines is 2. The van der Waals surface area contributed by atoms with Gasteiger partial charge in [0.2, 0.25) is 17.7 Å². The Kier molecular flexibility index (Phi) is 3.65. The third-order valence-corrected chi connectivity index (χ3v) is 7.74. The van der Waals surface area contributed by atoms with Crippen LogP contribution in [0.25, 0.3) is 0 Å². The maximum atomic E-state index is 14.0. The highest BCUT2D eigenvalue weighted by Gasteiger charge is 2.74. The van der Waals surface area contributed by atoms with Crippen LogP contribution in [0.4, 0.5) is 11.4 Å². The molecule has 0 saturated carbocycles. The summed E-state index contributed by atoms with van der Waals surface area (Å²) in [4.78, 5) is 44.9. The van der Waals surface area contributed by atoms with E-state index in [4.69, 9.17) is 0 Å². The minimum Gasteiger partial charge on any atom is -0.324 e. The summed E-state index contributed by atoms with van der Waals surface area (Å²) in [6.07, 6.45) is 1.76. The number of nitrogens with zero attached hydrogens (tertiary/aromatic N) is 2. The molecule has 6 rings (SSSR count). The van der Waals surface area contributed by atoms with Crippen LogP contribution in [0.1, 0.15) is 35.1 Å². The minimum atomic E-state index is -1.10. The number of hydrogen-bond donors (Lipinski definition) is 1. The Labute approximate surface area is 181 Å². The van der Waals surface area contributed by atoms with Crippen LogP contribution in [-0.4, -0.2) is 35.2 Å². The topological polar surface area (TPSA) is 69.7 Å². The van der Waals surface area contributed by atoms with Gasteiger partial charge in [-0.25, -0.2) is 4.90 Å². The summed E-state index contributed by atoms with van der Waals surface area (Å²) in [6, 6.07) is 11.6. The van der Waals surface area contributed by atoms with Crippen molar-refractivity contribution >= 4 is 29.1 Å². The van der Waals surface area contributed by atoms with Crippen LogP contribution in [0.5, 0.6) is 0 Å². The van der Waals surface area contributed by atoms with E-state index in [1.165, 1.54) is 4.90 Å². The molecule has 0 bridgehead atoms. The van der Waals surface area contributed by atoms with Gasteiger partial charge in [0.05, 0.1) is 17.5 Å². The number of rotatable bonds is 1. The van der Waals surface area contributed by atoms with E-state index in [0.717, 1.165) is 47.3 Å². The summed E-state index contributed by atoms with van der Waals surface area (Å²) in [7, 11) is 0. The van der Waals surface area contributed by atoms with Crippen molar-refractivity contribution in [1.29, 1.82) is 0 Å². The van der Waals surface area contributed by atoms with Crippen LogP contribution in [0.3, 0.4) is 0 Å². The highest BCUT2D eigenvalue weighted by atomic mass is 16.2. The molecule has 3 amide bonds. The fraction of sp³-hybridized carbons (Fsp3) is 0.400. The van der Waals surface area contributed by atoms with E-state index in [1.54, 1.807) is 0 Å². The van der Waals surface area contributed by atoms with Crippen molar-refractivity contribution in [1.82, 2.24) is 4.90 Å². The SMILES string of the molecule is Cc1ccc(N2C(=O)[C@H]3[C@H]4CCCN4[C@@]4(C(=O)Nc5ccc(C)cc54)[C@H]3C2=O)c(C)c1. The van der Waals surface area contributed by atoms with Gasteiger partial charge < -0.3 is 5.32 Å². The van der Waals surface area contributed by atoms with Crippen molar-refractivity contribution in [2.75, 3.05) is 16.8 Å². The molecule has 0 unspecified atom stereocenters. The Bertz CT molecular complexity index is 1190. The molecule has 6 heteroatoms. The Morgan fingerprint density at radius 2 is 1.71 bits per heavy atom. The first-order chi connectivity index (χ1) is 14.9. The van der Waals surface area contributed by atoms with E-state index in [1.807, 2.05) is 57.2 Å². The third-order valence-electron chi connectivity index (χ3n) is 7.74. The summed E-state index contributed by atoms with van der Waals surface area (Å²) in [6.45, 7) is 6.64. The lowest BCUT2D eigenvalue weighted by molar-refractivity contribution is -0.135. The molecule has 4 aliphatic rings. The highest BCUT2D eigenvalue weighted by Crippen LogP contribution is 2.60. The molecule has 4 heterocycles. The molecule has 3 fully saturated rings. The summed E-state index contributed by atoms with van der Waals surface area (Å²) < 4.78 is 0. The van der Waals surface area contributed by atoms with Gasteiger partial charge in [-0.05, 0) is 57.9 Å². The number of imide groups is 1. The van der Waals surface area contributed by atoms with Gasteiger partial charge in [0.1, 0.15) is 5.54 Å². The normalized spacial score (nSPS) is 31.4. The number of amides is 3. The molecular formula is C25H25N3O3. The number of aryl methyl sites for hydroxylation is 3. The van der Waals surface area contributed by atoms with Crippen LogP contribution >= 0.6 is 0 Å². The molecule has 1 spiro atoms. The lowest BCUT2D eigenvalue weighted by atomic mass is 9.75. The second-order valence-electron chi connectivity index (χ2n) is 9.48. The number of fused-ring (bicyclic) bond motifs is 7. The molecule has 4 aliphatic heterocycles. The van der Waals surface area contributed by atoms with Crippen LogP contribution in [0.15, 0.2) is 36.4 Å². The maximum absolute atomic E-state index is 14.0. The lowest BCUT2D eigenvalue weighted by Crippen LogP contribution is -2.54. The van der Waals surface area contributed by atoms with E-state index in [9.17, 15) is 14.4 Å². The van der Waals surface area contributed by atoms with Gasteiger partial charge in [-0.3, -0.25) is 19.3 Å². The standard InChI is InChI=1S/C25H25N3O3/c1-13-7-9-18(15(3)11-13)28-22(29)20-19-5-4-10-27(19)25(21(20)23(28)30)16-12-14(2)6-8-17(16)26-24(25)31/h6-9,11-12,19-21H,4-5,10H2,1-3H3,(H,26,31)/t19-,20+,21-,25-/m1/s1. The van der Waals surface area contributed by atoms with Gasteiger partial charge in [0.25, 0.3) is 0 Å². The predicted molar refractivity (Wildman–Crippen MR) is 117 cm³/mol. The average Bonchev–Trinajstić information content (AvgIpc) is 3.42. The van der Waals surface area contributed by atoms with Gasteiger partial charge >= 0.3 is 0 Å². The average molecular weight is 415 g/mol. The van der Waals surface area contributed by atoms with E-state index in [-0.39, 0.29) is 23.8 Å². The molecule has 0 aliphatic carbocycles. The molecular weight excluding hydrogens is 390 g/mol. The second kappa shape index (κ2) is 6.04. The van der Waals surface area contributed by atoms with Crippen LogP contribution < -0.4 is 10.2 Å². The molecule has 31 heavy (non-hydrogen) atoms. The first kappa shape index (κ1) is 18.8. The number of benzene rings is 2. The van der Waals surface area contributed by atoms with Gasteiger partial charge in [-0.15, -0.1) is 0 Å². The van der Waals surface area contributed by atoms with Crippen LogP contribution in [-0.2, 0) is 19.9 Å². The Hall–Kier alpha value is -2.99. The minimum absolute atomic E-state index is 0.0885. The van der Waals surface area contributed by atoms with Crippen molar-refractivity contribution in [3.8, 4) is 0 Å². The Morgan fingerprint density at radius 3 is 2.48 bits per heavy atom. The highest BCUT2D eigenvalue weighted by molar-refractivity contribution is 6.26. The molecule has 2 aromatic rings. The smallest absolute Gasteiger partial charge is 0.250 e. The fourth-order valence-corrected chi connectivity index (χ4v) is 6.61. The zero-order valence-electron chi connectivity index (χ0n) is 17.9. The van der Waals surface area contributed by atoms with Gasteiger partial charge in [-0.2, -0.15) is 0 Å². The van der Waals surface area contributed by atoms with Crippen LogP contribution in [0.2, 0.25) is 0 Å². The van der Waals surface area contributed by atoms with Crippen molar-refractivity contribution in [3.63, 3.8) is 0 Å². The van der Waals surface area contributed by atoms with E-state index < -0.39 is 17.4 Å². The number of carbonyl (C=O) groups excluding carboxylic acids is 3. The third kappa shape index (κ3) is 2.13. The fourth-order valence-electron chi connectivity index (χ4n) is 6.61. The number of hydrogen-bond acceptors (Lipinski definition) is 4. The molecule has 4 atom stereocenters. The summed E-state index contributed by atoms with van der Waals surface area (Å²) in [5, 5.41) is 3.03. The van der Waals surface area contributed by atoms with Crippen molar-refractivity contribution in [2.24, 2.45) is 11.8 Å². The zero-order chi connectivity index (χ0) is 21.7. The molecule has 158 valence electrons. The van der Waals surface area contributed by atoms with Crippen molar-refractivity contribution in [2.45, 2.75) is 45.2 Å². The predicted octanol–water partition coefficient (Wildman–Crippen LogP) is 3.04. The molecule has 1 N–H and O–H groups in total. The zero-order valence-corrected chi connectivity index (χ0v) is 17.9. The van der Waals surface area contributed by atoms with E-state index >= 15 is 0 Å². The van der Waals surface area contributed by atoms with Gasteiger partial charge in [0, 0.05) is 17.3 Å².